The van der Waals surface area contributed by atoms with Crippen LogP contribution in [-0.2, 0) is 14.3 Å². The number of amides is 2. The molecule has 3 rings (SSSR count). The molecule has 38 heavy (non-hydrogen) atoms. The summed E-state index contributed by atoms with van der Waals surface area (Å²) >= 11 is 0. The van der Waals surface area contributed by atoms with Gasteiger partial charge in [0.15, 0.2) is 0 Å². The van der Waals surface area contributed by atoms with E-state index in [2.05, 4.69) is 10.6 Å². The van der Waals surface area contributed by atoms with Crippen molar-refractivity contribution >= 4 is 24.0 Å². The molecular formula is C27H39F3N4O4. The molecule has 2 fully saturated rings. The minimum atomic E-state index is -3.08. The fourth-order valence-corrected chi connectivity index (χ4v) is 5.21. The van der Waals surface area contributed by atoms with Gasteiger partial charge in [-0.15, -0.1) is 0 Å². The Morgan fingerprint density at radius 3 is 2.42 bits per heavy atom. The topological polar surface area (TPSA) is 91.0 Å². The fourth-order valence-electron chi connectivity index (χ4n) is 5.21. The van der Waals surface area contributed by atoms with E-state index in [0.717, 1.165) is 11.2 Å². The summed E-state index contributed by atoms with van der Waals surface area (Å²) in [5.41, 5.74) is 0.197. The van der Waals surface area contributed by atoms with E-state index < -0.39 is 42.1 Å². The molecule has 2 aliphatic rings. The number of nitrogens with zero attached hydrogens (tertiary/aromatic N) is 2. The van der Waals surface area contributed by atoms with Gasteiger partial charge in [0.05, 0.1) is 12.6 Å². The summed E-state index contributed by atoms with van der Waals surface area (Å²) in [5.74, 6) is -3.90. The highest BCUT2D eigenvalue weighted by molar-refractivity contribution is 5.84. The van der Waals surface area contributed by atoms with Crippen molar-refractivity contribution in [3.8, 4) is 0 Å². The smallest absolute Gasteiger partial charge is 0.410 e. The Morgan fingerprint density at radius 2 is 1.87 bits per heavy atom. The zero-order chi connectivity index (χ0) is 28.1. The summed E-state index contributed by atoms with van der Waals surface area (Å²) in [4.78, 5) is 37.9. The van der Waals surface area contributed by atoms with Crippen LogP contribution in [0.4, 0.5) is 23.7 Å². The number of hydrogen-bond donors (Lipinski definition) is 2. The highest BCUT2D eigenvalue weighted by Crippen LogP contribution is 2.37. The number of nitrogens with one attached hydrogen (secondary N) is 2. The summed E-state index contributed by atoms with van der Waals surface area (Å²) < 4.78 is 50.5. The van der Waals surface area contributed by atoms with Gasteiger partial charge in [-0.25, -0.2) is 18.0 Å². The average molecular weight is 541 g/mol. The Morgan fingerprint density at radius 1 is 1.18 bits per heavy atom. The van der Waals surface area contributed by atoms with Crippen molar-refractivity contribution in [2.45, 2.75) is 82.4 Å². The van der Waals surface area contributed by atoms with Crippen LogP contribution in [0.1, 0.15) is 64.4 Å². The number of carbonyl (C=O) groups excluding carboxylic acids is 3. The molecule has 11 heteroatoms. The van der Waals surface area contributed by atoms with Crippen LogP contribution in [0.25, 0.3) is 0 Å². The van der Waals surface area contributed by atoms with Gasteiger partial charge in [0.25, 0.3) is 5.92 Å². The first kappa shape index (κ1) is 29.7. The lowest BCUT2D eigenvalue weighted by atomic mass is 9.87. The third kappa shape index (κ3) is 7.61. The first-order chi connectivity index (χ1) is 17.8. The molecule has 2 atom stereocenters. The van der Waals surface area contributed by atoms with Crippen molar-refractivity contribution in [3.63, 3.8) is 0 Å². The van der Waals surface area contributed by atoms with E-state index in [0.29, 0.717) is 37.2 Å². The van der Waals surface area contributed by atoms with Gasteiger partial charge in [-0.05, 0) is 83.2 Å². The van der Waals surface area contributed by atoms with E-state index in [9.17, 15) is 14.4 Å². The van der Waals surface area contributed by atoms with Crippen molar-refractivity contribution in [1.29, 1.82) is 0 Å². The zero-order valence-electron chi connectivity index (χ0n) is 22.6. The monoisotopic (exact) mass is 540 g/mol. The summed E-state index contributed by atoms with van der Waals surface area (Å²) in [6, 6.07) is 3.06. The molecule has 2 aliphatic heterocycles. The largest absolute Gasteiger partial charge is 0.444 e. The minimum absolute atomic E-state index is 0.111. The van der Waals surface area contributed by atoms with E-state index in [4.69, 9.17) is 4.74 Å². The van der Waals surface area contributed by atoms with Gasteiger partial charge in [0, 0.05) is 25.7 Å². The van der Waals surface area contributed by atoms with E-state index in [-0.39, 0.29) is 37.6 Å². The van der Waals surface area contributed by atoms with Crippen molar-refractivity contribution < 1.29 is 32.3 Å². The number of alkyl halides is 2. The van der Waals surface area contributed by atoms with E-state index in [1.54, 1.807) is 37.8 Å². The summed E-state index contributed by atoms with van der Waals surface area (Å²) in [6.45, 7) is 5.42. The fraction of sp³-hybridized carbons (Fsp3) is 0.667. The summed E-state index contributed by atoms with van der Waals surface area (Å²) in [7, 11) is 1.49. The lowest BCUT2D eigenvalue weighted by Crippen LogP contribution is -2.60. The van der Waals surface area contributed by atoms with Crippen LogP contribution in [0.5, 0.6) is 0 Å². The SMILES string of the molecule is CNC(=O)C(CCC=O)Nc1ccc(C2CCN(C3CCN(C(=O)OC(C)(C)C)CC3(F)F)CC2)c(F)c1. The lowest BCUT2D eigenvalue weighted by Gasteiger charge is -2.45. The highest BCUT2D eigenvalue weighted by atomic mass is 19.3. The van der Waals surface area contributed by atoms with Crippen LogP contribution >= 0.6 is 0 Å². The van der Waals surface area contributed by atoms with Crippen LogP contribution in [0, 0.1) is 5.82 Å². The predicted molar refractivity (Wildman–Crippen MR) is 138 cm³/mol. The molecule has 2 heterocycles. The van der Waals surface area contributed by atoms with Crippen molar-refractivity contribution in [2.24, 2.45) is 0 Å². The third-order valence-electron chi connectivity index (χ3n) is 7.10. The molecule has 0 spiro atoms. The van der Waals surface area contributed by atoms with Gasteiger partial charge >= 0.3 is 6.09 Å². The van der Waals surface area contributed by atoms with E-state index in [1.807, 2.05) is 0 Å². The molecule has 2 amide bonds. The first-order valence-electron chi connectivity index (χ1n) is 13.2. The van der Waals surface area contributed by atoms with Crippen LogP contribution in [0.15, 0.2) is 18.2 Å². The predicted octanol–water partition coefficient (Wildman–Crippen LogP) is 4.16. The number of rotatable bonds is 8. The zero-order valence-corrected chi connectivity index (χ0v) is 22.6. The van der Waals surface area contributed by atoms with Crippen molar-refractivity contribution in [3.05, 3.63) is 29.6 Å². The molecule has 212 valence electrons. The Kier molecular flexibility index (Phi) is 9.67. The normalized spacial score (nSPS) is 21.4. The van der Waals surface area contributed by atoms with E-state index >= 15 is 13.2 Å². The minimum Gasteiger partial charge on any atom is -0.444 e. The van der Waals surface area contributed by atoms with Gasteiger partial charge in [-0.1, -0.05) is 6.07 Å². The first-order valence-corrected chi connectivity index (χ1v) is 13.2. The van der Waals surface area contributed by atoms with Crippen molar-refractivity contribution in [2.75, 3.05) is 38.5 Å². The molecule has 0 saturated carbocycles. The number of likely N-dealkylation sites (N-methyl/N-ethyl adjacent to an activating group) is 1. The van der Waals surface area contributed by atoms with Crippen LogP contribution in [0.2, 0.25) is 0 Å². The molecule has 1 aromatic rings. The molecule has 0 aliphatic carbocycles. The second kappa shape index (κ2) is 12.4. The molecule has 0 aromatic heterocycles. The van der Waals surface area contributed by atoms with Crippen LogP contribution < -0.4 is 10.6 Å². The molecule has 8 nitrogen and oxygen atoms in total. The van der Waals surface area contributed by atoms with Crippen LogP contribution in [0.3, 0.4) is 0 Å². The number of hydrogen-bond acceptors (Lipinski definition) is 6. The maximum Gasteiger partial charge on any atom is 0.410 e. The number of ether oxygens (including phenoxy) is 1. The number of halogens is 3. The molecular weight excluding hydrogens is 501 g/mol. The number of aldehydes is 1. The average Bonchev–Trinajstić information content (AvgIpc) is 2.84. The second-order valence-electron chi connectivity index (χ2n) is 11.1. The number of carbonyl (C=O) groups is 3. The standard InChI is InChI=1S/C27H39F3N4O4/c1-26(2,3)38-25(37)34-14-11-23(27(29,30)17-34)33-12-9-18(10-13-33)20-8-7-19(16-21(20)28)32-22(6-5-15-35)24(36)31-4/h7-8,15-16,18,22-23,32H,5-6,9-14,17H2,1-4H3,(H,31,36). The third-order valence-corrected chi connectivity index (χ3v) is 7.10. The van der Waals surface area contributed by atoms with Crippen LogP contribution in [-0.4, -0.2) is 84.9 Å². The van der Waals surface area contributed by atoms with Gasteiger partial charge < -0.3 is 25.1 Å². The molecule has 2 unspecified atom stereocenters. The van der Waals surface area contributed by atoms with Crippen molar-refractivity contribution in [1.82, 2.24) is 15.1 Å². The number of piperidine rings is 2. The maximum absolute atomic E-state index is 15.1. The Balaban J connectivity index is 1.58. The number of benzene rings is 1. The highest BCUT2D eigenvalue weighted by Gasteiger charge is 2.49. The van der Waals surface area contributed by atoms with Gasteiger partial charge in [0.1, 0.15) is 23.7 Å². The lowest BCUT2D eigenvalue weighted by molar-refractivity contribution is -0.129. The number of likely N-dealkylation sites (tertiary alicyclic amines) is 2. The Hall–Kier alpha value is -2.82. The molecule has 0 radical (unpaired) electrons. The van der Waals surface area contributed by atoms with Gasteiger partial charge in [0.2, 0.25) is 5.91 Å². The van der Waals surface area contributed by atoms with E-state index in [1.165, 1.54) is 13.1 Å². The Labute approximate surface area is 222 Å². The maximum atomic E-state index is 15.1. The number of anilines is 1. The summed E-state index contributed by atoms with van der Waals surface area (Å²) in [5, 5.41) is 5.51. The molecule has 0 bridgehead atoms. The molecule has 2 N–H and O–H groups in total. The second-order valence-corrected chi connectivity index (χ2v) is 11.1. The summed E-state index contributed by atoms with van der Waals surface area (Å²) in [6.07, 6.45) is 1.69. The van der Waals surface area contributed by atoms with Gasteiger partial charge in [-0.3, -0.25) is 9.69 Å². The molecule has 1 aromatic carbocycles. The van der Waals surface area contributed by atoms with Gasteiger partial charge in [-0.2, -0.15) is 0 Å². The Bertz CT molecular complexity index is 993. The molecule has 2 saturated heterocycles. The quantitative estimate of drug-likeness (QED) is 0.482.